The van der Waals surface area contributed by atoms with Crippen molar-refractivity contribution in [3.8, 4) is 0 Å². The highest BCUT2D eigenvalue weighted by Gasteiger charge is 2.05. The fraction of sp³-hybridized carbons (Fsp3) is 0. The van der Waals surface area contributed by atoms with Gasteiger partial charge in [0.2, 0.25) is 0 Å². The van der Waals surface area contributed by atoms with Crippen LogP contribution < -0.4 is 11.3 Å². The summed E-state index contributed by atoms with van der Waals surface area (Å²) in [5, 5.41) is 7.52. The Morgan fingerprint density at radius 2 is 2.06 bits per heavy atom. The zero-order chi connectivity index (χ0) is 11.8. The van der Waals surface area contributed by atoms with Gasteiger partial charge in [0, 0.05) is 11.6 Å². The van der Waals surface area contributed by atoms with Crippen LogP contribution in [0, 0.1) is 0 Å². The second-order valence-electron chi connectivity index (χ2n) is 3.74. The van der Waals surface area contributed by atoms with Crippen molar-refractivity contribution in [1.82, 2.24) is 15.2 Å². The Morgan fingerprint density at radius 1 is 1.18 bits per heavy atom. The molecular weight excluding hydrogens is 216 g/mol. The molecule has 1 amide bonds. The second kappa shape index (κ2) is 3.57. The Hall–Kier alpha value is -2.40. The topological polar surface area (TPSA) is 72.9 Å². The van der Waals surface area contributed by atoms with Crippen LogP contribution in [0.3, 0.4) is 0 Å². The van der Waals surface area contributed by atoms with E-state index in [1.165, 1.54) is 10.1 Å². The van der Waals surface area contributed by atoms with Gasteiger partial charge in [0.15, 0.2) is 0 Å². The van der Waals surface area contributed by atoms with Crippen molar-refractivity contribution in [3.05, 3.63) is 42.6 Å². The number of benzene rings is 1. The number of amides is 1. The molecule has 0 aliphatic heterocycles. The molecule has 5 heteroatoms. The molecule has 5 nitrogen and oxygen atoms in total. The minimum atomic E-state index is -0.463. The molecule has 3 aromatic rings. The monoisotopic (exact) mass is 226 g/mol. The van der Waals surface area contributed by atoms with Gasteiger partial charge in [0.1, 0.15) is 0 Å². The normalized spacial score (nSPS) is 10.9. The fourth-order valence-corrected chi connectivity index (χ4v) is 1.96. The highest BCUT2D eigenvalue weighted by atomic mass is 16.2. The first-order valence-electron chi connectivity index (χ1n) is 5.17. The molecule has 1 aromatic heterocycles. The van der Waals surface area contributed by atoms with Gasteiger partial charge in [0.25, 0.3) is 0 Å². The summed E-state index contributed by atoms with van der Waals surface area (Å²) in [5.74, 6) is 5.06. The molecule has 0 saturated carbocycles. The Balaban J connectivity index is 2.30. The summed E-state index contributed by atoms with van der Waals surface area (Å²) < 4.78 is 1.18. The zero-order valence-corrected chi connectivity index (χ0v) is 8.92. The standard InChI is InChI=1S/C12H10N4O/c13-14-12(17)16-7-6-10-9-3-1-2-8(9)4-5-11(10)15-16/h1-7H,13H2,(H,14,17). The van der Waals surface area contributed by atoms with Crippen molar-refractivity contribution in [2.45, 2.75) is 0 Å². The predicted molar refractivity (Wildman–Crippen MR) is 65.4 cm³/mol. The first-order chi connectivity index (χ1) is 8.29. The molecule has 0 atom stereocenters. The third-order valence-electron chi connectivity index (χ3n) is 2.77. The lowest BCUT2D eigenvalue weighted by atomic mass is 10.1. The quantitative estimate of drug-likeness (QED) is 0.347. The van der Waals surface area contributed by atoms with Crippen LogP contribution in [0.4, 0.5) is 4.79 Å². The summed E-state index contributed by atoms with van der Waals surface area (Å²) in [5.41, 5.74) is 2.80. The van der Waals surface area contributed by atoms with Crippen LogP contribution in [-0.4, -0.2) is 15.8 Å². The Bertz CT molecular complexity index is 717. The average molecular weight is 226 g/mol. The Labute approximate surface area is 96.8 Å². The van der Waals surface area contributed by atoms with Crippen LogP contribution >= 0.6 is 0 Å². The lowest BCUT2D eigenvalue weighted by Crippen LogP contribution is -2.35. The molecule has 3 rings (SSSR count). The van der Waals surface area contributed by atoms with Crippen LogP contribution in [0.1, 0.15) is 0 Å². The summed E-state index contributed by atoms with van der Waals surface area (Å²) in [6.07, 6.45) is 1.59. The molecule has 84 valence electrons. The Morgan fingerprint density at radius 3 is 2.88 bits per heavy atom. The van der Waals surface area contributed by atoms with Gasteiger partial charge in [0.05, 0.1) is 5.52 Å². The molecular formula is C12H10N4O. The van der Waals surface area contributed by atoms with Crippen molar-refractivity contribution in [3.63, 3.8) is 0 Å². The van der Waals surface area contributed by atoms with E-state index in [4.69, 9.17) is 5.84 Å². The first kappa shape index (κ1) is 9.80. The largest absolute Gasteiger partial charge is 0.356 e. The number of hydrogen-bond acceptors (Lipinski definition) is 3. The van der Waals surface area contributed by atoms with E-state index in [2.05, 4.69) is 5.10 Å². The summed E-state index contributed by atoms with van der Waals surface area (Å²) in [4.78, 5) is 11.3. The van der Waals surface area contributed by atoms with Crippen LogP contribution in [0.25, 0.3) is 21.7 Å². The van der Waals surface area contributed by atoms with E-state index in [0.717, 1.165) is 16.3 Å². The number of carbonyl (C=O) groups is 1. The van der Waals surface area contributed by atoms with Crippen LogP contribution in [0.2, 0.25) is 0 Å². The van der Waals surface area contributed by atoms with E-state index in [1.54, 1.807) is 6.20 Å². The minimum absolute atomic E-state index is 0.463. The average Bonchev–Trinajstić information content (AvgIpc) is 2.85. The zero-order valence-electron chi connectivity index (χ0n) is 8.92. The molecule has 0 aliphatic carbocycles. The third-order valence-corrected chi connectivity index (χ3v) is 2.77. The number of carbonyl (C=O) groups excluding carboxylic acids is 1. The molecule has 0 radical (unpaired) electrons. The van der Waals surface area contributed by atoms with Gasteiger partial charge in [-0.1, -0.05) is 24.3 Å². The Kier molecular flexibility index (Phi) is 2.06. The van der Waals surface area contributed by atoms with Gasteiger partial charge in [-0.3, -0.25) is 5.43 Å². The number of nitrogens with two attached hydrogens (primary N) is 1. The molecule has 0 fully saturated rings. The molecule has 17 heavy (non-hydrogen) atoms. The number of hydrogen-bond donors (Lipinski definition) is 2. The molecule has 0 unspecified atom stereocenters. The maximum Gasteiger partial charge on any atom is 0.356 e. The van der Waals surface area contributed by atoms with Crippen molar-refractivity contribution >= 4 is 27.7 Å². The van der Waals surface area contributed by atoms with Gasteiger partial charge in [-0.05, 0) is 22.9 Å². The maximum atomic E-state index is 11.3. The first-order valence-corrected chi connectivity index (χ1v) is 5.17. The van der Waals surface area contributed by atoms with E-state index in [-0.39, 0.29) is 0 Å². The van der Waals surface area contributed by atoms with Gasteiger partial charge >= 0.3 is 6.03 Å². The number of fused-ring (bicyclic) bond motifs is 3. The fourth-order valence-electron chi connectivity index (χ4n) is 1.96. The van der Waals surface area contributed by atoms with Crippen molar-refractivity contribution in [1.29, 1.82) is 0 Å². The van der Waals surface area contributed by atoms with E-state index < -0.39 is 6.03 Å². The third kappa shape index (κ3) is 1.44. The molecule has 2 aromatic carbocycles. The van der Waals surface area contributed by atoms with Gasteiger partial charge in [-0.15, -0.1) is 0 Å². The number of rotatable bonds is 0. The number of nitrogens with one attached hydrogen (secondary N) is 1. The van der Waals surface area contributed by atoms with Gasteiger partial charge in [-0.25, -0.2) is 10.6 Å². The van der Waals surface area contributed by atoms with E-state index in [0.29, 0.717) is 0 Å². The number of nitrogen functional groups attached to an aromatic ring is 1. The maximum absolute atomic E-state index is 11.3. The summed E-state index contributed by atoms with van der Waals surface area (Å²) in [7, 11) is 0. The predicted octanol–water partition coefficient (Wildman–Crippen LogP) is 1.62. The van der Waals surface area contributed by atoms with Gasteiger partial charge < -0.3 is 0 Å². The smallest absolute Gasteiger partial charge is 0.274 e. The van der Waals surface area contributed by atoms with Crippen molar-refractivity contribution < 1.29 is 4.79 Å². The van der Waals surface area contributed by atoms with E-state index in [1.807, 2.05) is 41.8 Å². The SMILES string of the molecule is NNC(=O)n1ccc2c(ccc3cccc32)n1. The molecule has 0 spiro atoms. The highest BCUT2D eigenvalue weighted by Crippen LogP contribution is 2.24. The molecule has 3 N–H and O–H groups in total. The number of aromatic nitrogens is 2. The van der Waals surface area contributed by atoms with Crippen molar-refractivity contribution in [2.24, 2.45) is 5.84 Å². The molecule has 0 bridgehead atoms. The highest BCUT2D eigenvalue weighted by molar-refractivity contribution is 6.06. The molecule has 0 aliphatic rings. The summed E-state index contributed by atoms with van der Waals surface area (Å²) in [6, 6.07) is 11.3. The van der Waals surface area contributed by atoms with Crippen LogP contribution in [0.5, 0.6) is 0 Å². The lowest BCUT2D eigenvalue weighted by molar-refractivity contribution is 0.239. The van der Waals surface area contributed by atoms with E-state index >= 15 is 0 Å². The van der Waals surface area contributed by atoms with Gasteiger partial charge in [-0.2, -0.15) is 9.78 Å². The van der Waals surface area contributed by atoms with Crippen molar-refractivity contribution in [2.75, 3.05) is 0 Å². The van der Waals surface area contributed by atoms with Crippen LogP contribution in [0.15, 0.2) is 42.6 Å². The number of nitrogens with zero attached hydrogens (tertiary/aromatic N) is 2. The molecule has 1 heterocycles. The summed E-state index contributed by atoms with van der Waals surface area (Å²) in [6.45, 7) is 0. The number of hydrazine groups is 1. The van der Waals surface area contributed by atoms with E-state index in [9.17, 15) is 4.79 Å². The lowest BCUT2D eigenvalue weighted by Gasteiger charge is -2.05. The van der Waals surface area contributed by atoms with Crippen LogP contribution in [-0.2, 0) is 0 Å². The minimum Gasteiger partial charge on any atom is -0.274 e. The molecule has 0 saturated heterocycles. The second-order valence-corrected chi connectivity index (χ2v) is 3.74. The summed E-state index contributed by atoms with van der Waals surface area (Å²) >= 11 is 0.